The number of carbonyl (C=O) groups is 1. The summed E-state index contributed by atoms with van der Waals surface area (Å²) in [6.45, 7) is 10.3. The molecule has 0 saturated heterocycles. The molecule has 0 aliphatic rings. The Morgan fingerprint density at radius 1 is 0.811 bits per heavy atom. The van der Waals surface area contributed by atoms with Gasteiger partial charge < -0.3 is 5.32 Å². The molecule has 0 spiro atoms. The first-order chi connectivity index (χ1) is 17.7. The van der Waals surface area contributed by atoms with Crippen LogP contribution in [0.15, 0.2) is 85.2 Å². The quantitative estimate of drug-likeness (QED) is 0.272. The summed E-state index contributed by atoms with van der Waals surface area (Å²) >= 11 is 0. The molecular weight excluding hydrogens is 458 g/mol. The highest BCUT2D eigenvalue weighted by Gasteiger charge is 2.25. The first-order valence-corrected chi connectivity index (χ1v) is 12.4. The zero-order chi connectivity index (χ0) is 26.2. The molecule has 6 heteroatoms. The van der Waals surface area contributed by atoms with Crippen LogP contribution in [0.3, 0.4) is 0 Å². The highest BCUT2D eigenvalue weighted by Crippen LogP contribution is 2.34. The summed E-state index contributed by atoms with van der Waals surface area (Å²) in [5.41, 5.74) is 6.64. The molecule has 0 saturated carbocycles. The number of anilines is 2. The Balaban J connectivity index is 1.49. The van der Waals surface area contributed by atoms with E-state index >= 15 is 0 Å². The van der Waals surface area contributed by atoms with E-state index in [0.29, 0.717) is 5.82 Å². The third-order valence-corrected chi connectivity index (χ3v) is 6.48. The number of urea groups is 1. The van der Waals surface area contributed by atoms with Crippen LogP contribution < -0.4 is 10.6 Å². The average molecular weight is 490 g/mol. The van der Waals surface area contributed by atoms with Crippen LogP contribution in [0.25, 0.3) is 27.6 Å². The maximum absolute atomic E-state index is 13.4. The Morgan fingerprint density at radius 3 is 2.22 bits per heavy atom. The van der Waals surface area contributed by atoms with Gasteiger partial charge in [0.25, 0.3) is 0 Å². The van der Waals surface area contributed by atoms with Gasteiger partial charge in [-0.15, -0.1) is 0 Å². The fourth-order valence-corrected chi connectivity index (χ4v) is 4.45. The molecule has 0 aliphatic carbocycles. The molecule has 3 aromatic carbocycles. The molecule has 2 aromatic heterocycles. The summed E-state index contributed by atoms with van der Waals surface area (Å²) in [6.07, 6.45) is 3.57. The molecule has 0 unspecified atom stereocenters. The van der Waals surface area contributed by atoms with Crippen LogP contribution in [0.4, 0.5) is 16.3 Å². The molecule has 5 rings (SSSR count). The molecule has 0 atom stereocenters. The number of hydrogen-bond donors (Lipinski definition) is 2. The van der Waals surface area contributed by atoms with Crippen LogP contribution in [0.5, 0.6) is 0 Å². The number of rotatable bonds is 4. The summed E-state index contributed by atoms with van der Waals surface area (Å²) in [5.74, 6) is 0.622. The third kappa shape index (κ3) is 4.96. The smallest absolute Gasteiger partial charge is 0.307 e. The fraction of sp³-hybridized carbons (Fsp3) is 0.194. The van der Waals surface area contributed by atoms with Crippen molar-refractivity contribution in [1.29, 1.82) is 0 Å². The van der Waals surface area contributed by atoms with Gasteiger partial charge in [-0.25, -0.2) is 9.48 Å². The molecule has 0 aliphatic heterocycles. The van der Waals surface area contributed by atoms with Crippen molar-refractivity contribution in [2.45, 2.75) is 40.0 Å². The van der Waals surface area contributed by atoms with Crippen molar-refractivity contribution in [3.8, 4) is 16.8 Å². The Morgan fingerprint density at radius 2 is 1.54 bits per heavy atom. The fourth-order valence-electron chi connectivity index (χ4n) is 4.45. The molecule has 5 aromatic rings. The zero-order valence-electron chi connectivity index (χ0n) is 21.8. The van der Waals surface area contributed by atoms with E-state index in [9.17, 15) is 4.79 Å². The molecule has 2 amide bonds. The van der Waals surface area contributed by atoms with Crippen molar-refractivity contribution in [2.24, 2.45) is 0 Å². The van der Waals surface area contributed by atoms with Crippen LogP contribution in [-0.2, 0) is 5.41 Å². The molecule has 2 heterocycles. The third-order valence-electron chi connectivity index (χ3n) is 6.48. The maximum Gasteiger partial charge on any atom is 0.324 e. The van der Waals surface area contributed by atoms with E-state index in [1.807, 2.05) is 43.3 Å². The van der Waals surface area contributed by atoms with Gasteiger partial charge in [0.05, 0.1) is 23.8 Å². The van der Waals surface area contributed by atoms with E-state index < -0.39 is 0 Å². The second-order valence-electron chi connectivity index (χ2n) is 10.4. The Kier molecular flexibility index (Phi) is 6.25. The van der Waals surface area contributed by atoms with E-state index in [2.05, 4.69) is 84.8 Å². The van der Waals surface area contributed by atoms with Crippen molar-refractivity contribution in [3.63, 3.8) is 0 Å². The van der Waals surface area contributed by atoms with Gasteiger partial charge >= 0.3 is 6.03 Å². The number of amides is 2. The minimum Gasteiger partial charge on any atom is -0.307 e. The van der Waals surface area contributed by atoms with Crippen LogP contribution >= 0.6 is 0 Å². The van der Waals surface area contributed by atoms with Gasteiger partial charge in [0.15, 0.2) is 0 Å². The molecule has 186 valence electrons. The molecule has 37 heavy (non-hydrogen) atoms. The molecular formula is C31H31N5O. The lowest BCUT2D eigenvalue weighted by Gasteiger charge is -2.20. The van der Waals surface area contributed by atoms with E-state index in [1.165, 1.54) is 5.56 Å². The van der Waals surface area contributed by atoms with Crippen molar-refractivity contribution in [1.82, 2.24) is 14.8 Å². The molecule has 0 fully saturated rings. The van der Waals surface area contributed by atoms with Gasteiger partial charge in [0.2, 0.25) is 0 Å². The number of carbonyl (C=O) groups excluding carboxylic acids is 1. The summed E-state index contributed by atoms with van der Waals surface area (Å²) in [7, 11) is 0. The molecule has 6 nitrogen and oxygen atoms in total. The van der Waals surface area contributed by atoms with E-state index in [-0.39, 0.29) is 11.4 Å². The van der Waals surface area contributed by atoms with Crippen LogP contribution in [0, 0.1) is 13.8 Å². The predicted molar refractivity (Wildman–Crippen MR) is 152 cm³/mol. The summed E-state index contributed by atoms with van der Waals surface area (Å²) in [6, 6.07) is 24.2. The van der Waals surface area contributed by atoms with E-state index in [0.717, 1.165) is 44.5 Å². The van der Waals surface area contributed by atoms with Gasteiger partial charge in [-0.1, -0.05) is 80.9 Å². The van der Waals surface area contributed by atoms with Gasteiger partial charge in [0, 0.05) is 16.6 Å². The summed E-state index contributed by atoms with van der Waals surface area (Å²) in [4.78, 5) is 17.8. The molecule has 2 N–H and O–H groups in total. The molecule has 0 radical (unpaired) electrons. The SMILES string of the molecule is Cc1ccc(-c2ccc(NC(=O)Nc3c(C(C)(C)C)cnn3-c3ccc(C)nc3)c3ccccc23)cc1. The number of benzene rings is 3. The van der Waals surface area contributed by atoms with Gasteiger partial charge in [-0.3, -0.25) is 10.3 Å². The number of aromatic nitrogens is 3. The van der Waals surface area contributed by atoms with Crippen LogP contribution in [0.1, 0.15) is 37.6 Å². The monoisotopic (exact) mass is 489 g/mol. The highest BCUT2D eigenvalue weighted by atomic mass is 16.2. The number of pyridine rings is 1. The highest BCUT2D eigenvalue weighted by molar-refractivity contribution is 6.09. The Hall–Kier alpha value is -4.45. The second-order valence-corrected chi connectivity index (χ2v) is 10.4. The largest absolute Gasteiger partial charge is 0.324 e. The zero-order valence-corrected chi connectivity index (χ0v) is 21.8. The normalized spacial score (nSPS) is 11.5. The molecule has 0 bridgehead atoms. The summed E-state index contributed by atoms with van der Waals surface area (Å²) in [5, 5.41) is 12.8. The Bertz CT molecular complexity index is 1580. The number of fused-ring (bicyclic) bond motifs is 1. The number of aryl methyl sites for hydroxylation is 2. The van der Waals surface area contributed by atoms with E-state index in [1.54, 1.807) is 17.1 Å². The van der Waals surface area contributed by atoms with Gasteiger partial charge in [-0.05, 0) is 54.0 Å². The first kappa shape index (κ1) is 24.3. The minimum absolute atomic E-state index is 0.221. The number of nitrogens with zero attached hydrogens (tertiary/aromatic N) is 3. The minimum atomic E-state index is -0.333. The standard InChI is InChI=1S/C31H31N5O/c1-20-10-13-22(14-11-20)24-16-17-28(26-9-7-6-8-25(24)26)34-30(37)35-29-27(31(3,4)5)19-33-36(29)23-15-12-21(2)32-18-23/h6-19H,1-5H3,(H2,34,35,37). The van der Waals surface area contributed by atoms with Gasteiger partial charge in [-0.2, -0.15) is 5.10 Å². The number of nitrogens with one attached hydrogen (secondary N) is 2. The number of hydrogen-bond acceptors (Lipinski definition) is 3. The van der Waals surface area contributed by atoms with Gasteiger partial charge in [0.1, 0.15) is 5.82 Å². The van der Waals surface area contributed by atoms with Crippen molar-refractivity contribution >= 4 is 28.3 Å². The lowest BCUT2D eigenvalue weighted by atomic mass is 9.89. The maximum atomic E-state index is 13.4. The topological polar surface area (TPSA) is 71.8 Å². The van der Waals surface area contributed by atoms with Crippen LogP contribution in [0.2, 0.25) is 0 Å². The van der Waals surface area contributed by atoms with E-state index in [4.69, 9.17) is 0 Å². The second kappa shape index (κ2) is 9.54. The average Bonchev–Trinajstić information content (AvgIpc) is 3.29. The van der Waals surface area contributed by atoms with Crippen molar-refractivity contribution < 1.29 is 4.79 Å². The first-order valence-electron chi connectivity index (χ1n) is 12.4. The predicted octanol–water partition coefficient (Wildman–Crippen LogP) is 7.65. The summed E-state index contributed by atoms with van der Waals surface area (Å²) < 4.78 is 1.73. The lowest BCUT2D eigenvalue weighted by Crippen LogP contribution is -2.24. The van der Waals surface area contributed by atoms with Crippen molar-refractivity contribution in [2.75, 3.05) is 10.6 Å². The lowest BCUT2D eigenvalue weighted by molar-refractivity contribution is 0.262. The Labute approximate surface area is 217 Å². The van der Waals surface area contributed by atoms with Crippen LogP contribution in [-0.4, -0.2) is 20.8 Å². The van der Waals surface area contributed by atoms with Crippen molar-refractivity contribution in [3.05, 3.63) is 102 Å².